The third-order valence-corrected chi connectivity index (χ3v) is 4.57. The van der Waals surface area contributed by atoms with Gasteiger partial charge in [-0.05, 0) is 44.2 Å². The van der Waals surface area contributed by atoms with Crippen molar-refractivity contribution in [2.45, 2.75) is 26.2 Å². The van der Waals surface area contributed by atoms with Gasteiger partial charge >= 0.3 is 0 Å². The van der Waals surface area contributed by atoms with Gasteiger partial charge in [-0.1, -0.05) is 17.7 Å². The van der Waals surface area contributed by atoms with Gasteiger partial charge in [0.25, 0.3) is 0 Å². The molecule has 2 rings (SSSR count). The average molecular weight is 350 g/mol. The molecule has 0 atom stereocenters. The summed E-state index contributed by atoms with van der Waals surface area (Å²) in [7, 11) is 0. The van der Waals surface area contributed by atoms with E-state index >= 15 is 0 Å². The van der Waals surface area contributed by atoms with E-state index in [1.54, 1.807) is 0 Å². The fourth-order valence-electron chi connectivity index (χ4n) is 2.06. The maximum Gasteiger partial charge on any atom is 0.234 e. The van der Waals surface area contributed by atoms with Gasteiger partial charge in [0.1, 0.15) is 0 Å². The number of hydrogen-bond donors (Lipinski definition) is 2. The Labute approximate surface area is 147 Å². The molecule has 0 unspecified atom stereocenters. The van der Waals surface area contributed by atoms with Crippen LogP contribution in [0.4, 0.5) is 5.69 Å². The lowest BCUT2D eigenvalue weighted by Crippen LogP contribution is -2.27. The number of thioether (sulfide) groups is 1. The second-order valence-electron chi connectivity index (χ2n) is 6.13. The smallest absolute Gasteiger partial charge is 0.234 e. The molecule has 6 heteroatoms. The van der Waals surface area contributed by atoms with Crippen molar-refractivity contribution in [3.63, 3.8) is 0 Å². The van der Waals surface area contributed by atoms with Gasteiger partial charge in [-0.3, -0.25) is 9.59 Å². The van der Waals surface area contributed by atoms with Crippen LogP contribution in [-0.2, 0) is 14.3 Å². The lowest BCUT2D eigenvalue weighted by molar-refractivity contribution is -0.118. The van der Waals surface area contributed by atoms with Crippen molar-refractivity contribution in [2.75, 3.05) is 36.6 Å². The minimum absolute atomic E-state index is 0.0367. The molecular formula is C18H26N2O3S. The molecule has 24 heavy (non-hydrogen) atoms. The number of rotatable bonds is 11. The molecule has 2 N–H and O–H groups in total. The maximum atomic E-state index is 11.8. The quantitative estimate of drug-likeness (QED) is 0.602. The summed E-state index contributed by atoms with van der Waals surface area (Å²) in [6.07, 6.45) is 3.42. The molecule has 0 bridgehead atoms. The van der Waals surface area contributed by atoms with Crippen LogP contribution in [-0.4, -0.2) is 43.1 Å². The molecule has 1 aliphatic carbocycles. The van der Waals surface area contributed by atoms with Crippen LogP contribution < -0.4 is 10.6 Å². The first-order chi connectivity index (χ1) is 11.6. The number of ether oxygens (including phenoxy) is 1. The molecule has 0 heterocycles. The predicted octanol–water partition coefficient (Wildman–Crippen LogP) is 2.60. The van der Waals surface area contributed by atoms with Crippen LogP contribution >= 0.6 is 11.8 Å². The van der Waals surface area contributed by atoms with Crippen LogP contribution in [0.25, 0.3) is 0 Å². The molecule has 0 saturated heterocycles. The van der Waals surface area contributed by atoms with E-state index in [-0.39, 0.29) is 17.6 Å². The van der Waals surface area contributed by atoms with Gasteiger partial charge in [0.2, 0.25) is 11.8 Å². The van der Waals surface area contributed by atoms with Crippen LogP contribution in [0, 0.1) is 12.8 Å². The second kappa shape index (κ2) is 10.4. The van der Waals surface area contributed by atoms with Gasteiger partial charge < -0.3 is 15.4 Å². The van der Waals surface area contributed by atoms with Gasteiger partial charge in [0, 0.05) is 25.4 Å². The summed E-state index contributed by atoms with van der Waals surface area (Å²) < 4.78 is 5.51. The predicted molar refractivity (Wildman–Crippen MR) is 98.3 cm³/mol. The topological polar surface area (TPSA) is 67.4 Å². The van der Waals surface area contributed by atoms with Crippen LogP contribution in [0.5, 0.6) is 0 Å². The van der Waals surface area contributed by atoms with Crippen molar-refractivity contribution in [3.8, 4) is 0 Å². The fraction of sp³-hybridized carbons (Fsp3) is 0.556. The normalized spacial score (nSPS) is 13.5. The average Bonchev–Trinajstić information content (AvgIpc) is 3.37. The third-order valence-electron chi connectivity index (χ3n) is 3.64. The van der Waals surface area contributed by atoms with Crippen molar-refractivity contribution in [2.24, 2.45) is 5.92 Å². The minimum Gasteiger partial charge on any atom is -0.381 e. The summed E-state index contributed by atoms with van der Waals surface area (Å²) in [6, 6.07) is 7.64. The molecule has 1 fully saturated rings. The maximum absolute atomic E-state index is 11.8. The second-order valence-corrected chi connectivity index (χ2v) is 7.11. The number of aryl methyl sites for hydroxylation is 1. The molecule has 5 nitrogen and oxygen atoms in total. The zero-order valence-electron chi connectivity index (χ0n) is 14.2. The number of hydrogen-bond acceptors (Lipinski definition) is 4. The molecule has 2 amide bonds. The monoisotopic (exact) mass is 350 g/mol. The van der Waals surface area contributed by atoms with Crippen molar-refractivity contribution in [3.05, 3.63) is 29.8 Å². The van der Waals surface area contributed by atoms with Crippen molar-refractivity contribution in [1.82, 2.24) is 5.32 Å². The summed E-state index contributed by atoms with van der Waals surface area (Å²) in [5, 5.41) is 5.66. The molecule has 0 aliphatic heterocycles. The molecule has 132 valence electrons. The number of carbonyl (C=O) groups is 2. The van der Waals surface area contributed by atoms with E-state index in [9.17, 15) is 9.59 Å². The van der Waals surface area contributed by atoms with Gasteiger partial charge in [-0.15, -0.1) is 11.8 Å². The van der Waals surface area contributed by atoms with E-state index in [4.69, 9.17) is 4.74 Å². The molecule has 0 radical (unpaired) electrons. The fourth-order valence-corrected chi connectivity index (χ4v) is 2.71. The minimum atomic E-state index is -0.0925. The molecule has 1 aliphatic rings. The number of anilines is 1. The highest BCUT2D eigenvalue weighted by atomic mass is 32.2. The third kappa shape index (κ3) is 8.36. The van der Waals surface area contributed by atoms with E-state index in [1.165, 1.54) is 24.6 Å². The van der Waals surface area contributed by atoms with E-state index in [1.807, 2.05) is 31.2 Å². The van der Waals surface area contributed by atoms with Gasteiger partial charge in [-0.2, -0.15) is 0 Å². The zero-order chi connectivity index (χ0) is 17.2. The Morgan fingerprint density at radius 2 is 1.88 bits per heavy atom. The number of carbonyl (C=O) groups excluding carboxylic acids is 2. The van der Waals surface area contributed by atoms with Gasteiger partial charge in [0.15, 0.2) is 0 Å². The Kier molecular flexibility index (Phi) is 8.12. The van der Waals surface area contributed by atoms with E-state index in [0.29, 0.717) is 18.9 Å². The highest BCUT2D eigenvalue weighted by Crippen LogP contribution is 2.28. The van der Waals surface area contributed by atoms with E-state index < -0.39 is 0 Å². The summed E-state index contributed by atoms with van der Waals surface area (Å²) in [5.74, 6) is 1.22. The Balaban J connectivity index is 1.45. The SMILES string of the molecule is Cc1ccc(NC(=O)CSCC(=O)NCCCOCC2CC2)cc1. The van der Waals surface area contributed by atoms with Crippen LogP contribution in [0.1, 0.15) is 24.8 Å². The number of amides is 2. The van der Waals surface area contributed by atoms with Crippen molar-refractivity contribution >= 4 is 29.3 Å². The highest BCUT2D eigenvalue weighted by Gasteiger charge is 2.20. The molecule has 0 spiro atoms. The largest absolute Gasteiger partial charge is 0.381 e. The summed E-state index contributed by atoms with van der Waals surface area (Å²) in [4.78, 5) is 23.5. The van der Waals surface area contributed by atoms with Crippen molar-refractivity contribution < 1.29 is 14.3 Å². The Hall–Kier alpha value is -1.53. The van der Waals surface area contributed by atoms with Crippen LogP contribution in [0.15, 0.2) is 24.3 Å². The lowest BCUT2D eigenvalue weighted by Gasteiger charge is -2.07. The highest BCUT2D eigenvalue weighted by molar-refractivity contribution is 8.00. The Bertz CT molecular complexity index is 530. The molecule has 1 saturated carbocycles. The number of benzene rings is 1. The first-order valence-electron chi connectivity index (χ1n) is 8.42. The molecule has 0 aromatic heterocycles. The molecular weight excluding hydrogens is 324 g/mol. The standard InChI is InChI=1S/C18H26N2O3S/c1-14-3-7-16(8-4-14)20-18(22)13-24-12-17(21)19-9-2-10-23-11-15-5-6-15/h3-4,7-8,15H,2,5-6,9-13H2,1H3,(H,19,21)(H,20,22). The Morgan fingerprint density at radius 1 is 1.17 bits per heavy atom. The first-order valence-corrected chi connectivity index (χ1v) is 9.57. The van der Waals surface area contributed by atoms with Gasteiger partial charge in [-0.25, -0.2) is 0 Å². The Morgan fingerprint density at radius 3 is 2.58 bits per heavy atom. The summed E-state index contributed by atoms with van der Waals surface area (Å²) in [6.45, 7) is 4.18. The van der Waals surface area contributed by atoms with E-state index in [2.05, 4.69) is 10.6 Å². The summed E-state index contributed by atoms with van der Waals surface area (Å²) >= 11 is 1.32. The van der Waals surface area contributed by atoms with Crippen molar-refractivity contribution in [1.29, 1.82) is 0 Å². The lowest BCUT2D eigenvalue weighted by atomic mass is 10.2. The number of nitrogens with one attached hydrogen (secondary N) is 2. The molecule has 1 aromatic carbocycles. The van der Waals surface area contributed by atoms with Crippen LogP contribution in [0.2, 0.25) is 0 Å². The molecule has 1 aromatic rings. The summed E-state index contributed by atoms with van der Waals surface area (Å²) in [5.41, 5.74) is 1.93. The first kappa shape index (κ1) is 18.8. The van der Waals surface area contributed by atoms with E-state index in [0.717, 1.165) is 30.2 Å². The van der Waals surface area contributed by atoms with Gasteiger partial charge in [0.05, 0.1) is 11.5 Å². The van der Waals surface area contributed by atoms with Crippen LogP contribution in [0.3, 0.4) is 0 Å². The zero-order valence-corrected chi connectivity index (χ0v) is 15.0.